The Morgan fingerprint density at radius 1 is 1.50 bits per heavy atom. The molecule has 1 unspecified atom stereocenters. The third-order valence-electron chi connectivity index (χ3n) is 3.06. The van der Waals surface area contributed by atoms with Crippen LogP contribution >= 0.6 is 15.9 Å². The first kappa shape index (κ1) is 11.9. The highest BCUT2D eigenvalue weighted by atomic mass is 79.9. The molecule has 0 saturated heterocycles. The second-order valence-corrected chi connectivity index (χ2v) is 4.89. The maximum absolute atomic E-state index is 5.33. The van der Waals surface area contributed by atoms with Crippen LogP contribution in [0.25, 0.3) is 0 Å². The van der Waals surface area contributed by atoms with E-state index in [0.29, 0.717) is 6.04 Å². The molecule has 0 saturated carbocycles. The highest BCUT2D eigenvalue weighted by Crippen LogP contribution is 2.34. The molecule has 0 aliphatic heterocycles. The lowest BCUT2D eigenvalue weighted by Gasteiger charge is -2.23. The monoisotopic (exact) mass is 283 g/mol. The molecule has 1 heterocycles. The summed E-state index contributed by atoms with van der Waals surface area (Å²) in [6.07, 6.45) is 9.18. The molecule has 0 bridgehead atoms. The molecule has 1 aromatic rings. The summed E-state index contributed by atoms with van der Waals surface area (Å²) in [5.41, 5.74) is 2.73. The summed E-state index contributed by atoms with van der Waals surface area (Å²) in [6.45, 7) is 3.12. The highest BCUT2D eigenvalue weighted by Gasteiger charge is 2.20. The van der Waals surface area contributed by atoms with E-state index in [0.717, 1.165) is 11.2 Å². The van der Waals surface area contributed by atoms with E-state index in [9.17, 15) is 0 Å². The van der Waals surface area contributed by atoms with Crippen molar-refractivity contribution in [1.29, 1.82) is 0 Å². The molecule has 0 spiro atoms. The van der Waals surface area contributed by atoms with E-state index in [1.165, 1.54) is 36.8 Å². The molecule has 1 atom stereocenters. The third kappa shape index (κ3) is 2.58. The SMILES string of the molecule is CCNC(C1=CCCCC1)c1ccoc1Br. The summed E-state index contributed by atoms with van der Waals surface area (Å²) >= 11 is 3.47. The molecule has 0 aromatic carbocycles. The van der Waals surface area contributed by atoms with Gasteiger partial charge >= 0.3 is 0 Å². The van der Waals surface area contributed by atoms with Crippen molar-refractivity contribution in [2.24, 2.45) is 0 Å². The average Bonchev–Trinajstić information content (AvgIpc) is 2.73. The van der Waals surface area contributed by atoms with E-state index >= 15 is 0 Å². The average molecular weight is 284 g/mol. The summed E-state index contributed by atoms with van der Waals surface area (Å²) < 4.78 is 6.18. The molecule has 16 heavy (non-hydrogen) atoms. The molecule has 0 fully saturated rings. The van der Waals surface area contributed by atoms with Crippen LogP contribution in [0.1, 0.15) is 44.2 Å². The lowest BCUT2D eigenvalue weighted by molar-refractivity contribution is 0.516. The minimum Gasteiger partial charge on any atom is -0.457 e. The smallest absolute Gasteiger partial charge is 0.174 e. The van der Waals surface area contributed by atoms with Crippen molar-refractivity contribution in [3.05, 3.63) is 34.2 Å². The van der Waals surface area contributed by atoms with E-state index < -0.39 is 0 Å². The van der Waals surface area contributed by atoms with Crippen LogP contribution in [-0.4, -0.2) is 6.54 Å². The Labute approximate surface area is 105 Å². The van der Waals surface area contributed by atoms with Crippen LogP contribution in [0.4, 0.5) is 0 Å². The first-order chi connectivity index (χ1) is 7.83. The maximum atomic E-state index is 5.33. The Hall–Kier alpha value is -0.540. The summed E-state index contributed by atoms with van der Waals surface area (Å²) in [5.74, 6) is 0. The van der Waals surface area contributed by atoms with E-state index in [2.05, 4.69) is 34.2 Å². The van der Waals surface area contributed by atoms with Gasteiger partial charge in [0, 0.05) is 5.56 Å². The van der Waals surface area contributed by atoms with Crippen molar-refractivity contribution in [1.82, 2.24) is 5.32 Å². The Morgan fingerprint density at radius 3 is 2.94 bits per heavy atom. The normalized spacial score (nSPS) is 18.2. The topological polar surface area (TPSA) is 25.2 Å². The highest BCUT2D eigenvalue weighted by molar-refractivity contribution is 9.10. The Kier molecular flexibility index (Phi) is 4.24. The van der Waals surface area contributed by atoms with Gasteiger partial charge < -0.3 is 9.73 Å². The van der Waals surface area contributed by atoms with Crippen molar-refractivity contribution >= 4 is 15.9 Å². The van der Waals surface area contributed by atoms with Gasteiger partial charge in [-0.15, -0.1) is 0 Å². The molecule has 0 radical (unpaired) electrons. The minimum atomic E-state index is 0.318. The van der Waals surface area contributed by atoms with Crippen LogP contribution in [0.3, 0.4) is 0 Å². The van der Waals surface area contributed by atoms with Crippen molar-refractivity contribution in [2.45, 2.75) is 38.6 Å². The van der Waals surface area contributed by atoms with Crippen molar-refractivity contribution in [3.63, 3.8) is 0 Å². The zero-order valence-electron chi connectivity index (χ0n) is 9.63. The molecule has 1 aliphatic carbocycles. The quantitative estimate of drug-likeness (QED) is 0.838. The van der Waals surface area contributed by atoms with Crippen molar-refractivity contribution in [3.8, 4) is 0 Å². The first-order valence-electron chi connectivity index (χ1n) is 5.98. The van der Waals surface area contributed by atoms with Crippen LogP contribution in [0.5, 0.6) is 0 Å². The van der Waals surface area contributed by atoms with Gasteiger partial charge in [0.2, 0.25) is 0 Å². The molecule has 1 aromatic heterocycles. The lowest BCUT2D eigenvalue weighted by atomic mass is 9.91. The number of allylic oxidation sites excluding steroid dienone is 1. The zero-order valence-corrected chi connectivity index (χ0v) is 11.2. The van der Waals surface area contributed by atoms with Gasteiger partial charge in [0.1, 0.15) is 0 Å². The Bertz CT molecular complexity index is 370. The van der Waals surface area contributed by atoms with Gasteiger partial charge in [0.05, 0.1) is 12.3 Å². The van der Waals surface area contributed by atoms with E-state index in [1.54, 1.807) is 6.26 Å². The Morgan fingerprint density at radius 2 is 2.38 bits per heavy atom. The fourth-order valence-electron chi connectivity index (χ4n) is 2.28. The summed E-state index contributed by atoms with van der Waals surface area (Å²) in [7, 11) is 0. The van der Waals surface area contributed by atoms with Crippen LogP contribution in [0.15, 0.2) is 33.1 Å². The van der Waals surface area contributed by atoms with Crippen LogP contribution < -0.4 is 5.32 Å². The summed E-state index contributed by atoms with van der Waals surface area (Å²) in [6, 6.07) is 2.37. The fourth-order valence-corrected chi connectivity index (χ4v) is 2.75. The molecule has 1 aliphatic rings. The molecule has 1 N–H and O–H groups in total. The number of likely N-dealkylation sites (N-methyl/N-ethyl adjacent to an activating group) is 1. The molecule has 3 heteroatoms. The molecule has 0 amide bonds. The van der Waals surface area contributed by atoms with Gasteiger partial charge in [-0.1, -0.05) is 18.6 Å². The second kappa shape index (κ2) is 5.69. The minimum absolute atomic E-state index is 0.318. The van der Waals surface area contributed by atoms with Gasteiger partial charge in [-0.05, 0) is 54.2 Å². The van der Waals surface area contributed by atoms with Crippen LogP contribution in [0.2, 0.25) is 0 Å². The molecular formula is C13H18BrNO. The van der Waals surface area contributed by atoms with Crippen molar-refractivity contribution in [2.75, 3.05) is 6.54 Å². The lowest BCUT2D eigenvalue weighted by Crippen LogP contribution is -2.23. The van der Waals surface area contributed by atoms with Gasteiger partial charge in [0.15, 0.2) is 4.67 Å². The van der Waals surface area contributed by atoms with Crippen LogP contribution in [-0.2, 0) is 0 Å². The Balaban J connectivity index is 2.23. The fraction of sp³-hybridized carbons (Fsp3) is 0.538. The summed E-state index contributed by atoms with van der Waals surface area (Å²) in [4.78, 5) is 0. The van der Waals surface area contributed by atoms with E-state index in [4.69, 9.17) is 4.42 Å². The second-order valence-electron chi connectivity index (χ2n) is 4.17. The molecular weight excluding hydrogens is 266 g/mol. The first-order valence-corrected chi connectivity index (χ1v) is 6.77. The molecule has 2 rings (SSSR count). The van der Waals surface area contributed by atoms with Gasteiger partial charge in [-0.2, -0.15) is 0 Å². The summed E-state index contributed by atoms with van der Waals surface area (Å²) in [5, 5.41) is 3.54. The number of halogens is 1. The third-order valence-corrected chi connectivity index (χ3v) is 3.71. The number of rotatable bonds is 4. The van der Waals surface area contributed by atoms with Crippen LogP contribution in [0, 0.1) is 0 Å². The molecule has 88 valence electrons. The van der Waals surface area contributed by atoms with Gasteiger partial charge in [-0.25, -0.2) is 0 Å². The number of hydrogen-bond donors (Lipinski definition) is 1. The largest absolute Gasteiger partial charge is 0.457 e. The molecule has 2 nitrogen and oxygen atoms in total. The maximum Gasteiger partial charge on any atom is 0.174 e. The number of hydrogen-bond acceptors (Lipinski definition) is 2. The van der Waals surface area contributed by atoms with Gasteiger partial charge in [-0.3, -0.25) is 0 Å². The number of furan rings is 1. The standard InChI is InChI=1S/C13H18BrNO/c1-2-15-12(10-6-4-3-5-7-10)11-8-9-16-13(11)14/h6,8-9,12,15H,2-5,7H2,1H3. The predicted octanol–water partition coefficient (Wildman–Crippen LogP) is 4.19. The zero-order chi connectivity index (χ0) is 11.4. The van der Waals surface area contributed by atoms with E-state index in [-0.39, 0.29) is 0 Å². The number of nitrogens with one attached hydrogen (secondary N) is 1. The van der Waals surface area contributed by atoms with E-state index in [1.807, 2.05) is 6.07 Å². The van der Waals surface area contributed by atoms with Gasteiger partial charge in [0.25, 0.3) is 0 Å². The predicted molar refractivity (Wildman–Crippen MR) is 69.4 cm³/mol. The van der Waals surface area contributed by atoms with Crippen molar-refractivity contribution < 1.29 is 4.42 Å².